The molecule has 1 aromatic carbocycles. The van der Waals surface area contributed by atoms with E-state index in [1.54, 1.807) is 36.4 Å². The van der Waals surface area contributed by atoms with Crippen LogP contribution in [0.4, 0.5) is 0 Å². The van der Waals surface area contributed by atoms with Crippen molar-refractivity contribution in [1.82, 2.24) is 5.32 Å². The molecule has 2 rings (SSSR count). The maximum absolute atomic E-state index is 12.0. The Hall–Kier alpha value is -1.59. The molecule has 0 fully saturated rings. The number of carbonyl (C=O) groups is 1. The summed E-state index contributed by atoms with van der Waals surface area (Å²) in [5, 5.41) is 14.4. The molecule has 0 saturated carbocycles. The zero-order chi connectivity index (χ0) is 13.8. The number of nitrogens with zero attached hydrogens (tertiary/aromatic N) is 1. The summed E-state index contributed by atoms with van der Waals surface area (Å²) in [6.07, 6.45) is 1.38. The predicted octanol–water partition coefficient (Wildman–Crippen LogP) is 2.67. The molecule has 0 spiro atoms. The summed E-state index contributed by atoms with van der Waals surface area (Å²) in [7, 11) is 0. The van der Waals surface area contributed by atoms with Crippen molar-refractivity contribution in [3.8, 4) is 0 Å². The molecule has 1 aromatic heterocycles. The van der Waals surface area contributed by atoms with Crippen molar-refractivity contribution in [2.24, 2.45) is 0 Å². The highest BCUT2D eigenvalue weighted by Crippen LogP contribution is 2.20. The first-order valence-electron chi connectivity index (χ1n) is 5.48. The van der Waals surface area contributed by atoms with Crippen LogP contribution in [0.3, 0.4) is 0 Å². The van der Waals surface area contributed by atoms with E-state index in [1.165, 1.54) is 6.20 Å². The van der Waals surface area contributed by atoms with E-state index in [-0.39, 0.29) is 12.5 Å². The number of amides is 1. The number of rotatable bonds is 3. The summed E-state index contributed by atoms with van der Waals surface area (Å²) in [4.78, 5) is 12.0. The van der Waals surface area contributed by atoms with E-state index in [2.05, 4.69) is 21.2 Å². The van der Waals surface area contributed by atoms with Crippen molar-refractivity contribution in [3.05, 3.63) is 68.6 Å². The number of halogens is 2. The van der Waals surface area contributed by atoms with E-state index in [0.29, 0.717) is 21.0 Å². The first-order chi connectivity index (χ1) is 9.08. The Balaban J connectivity index is 2.10. The van der Waals surface area contributed by atoms with E-state index < -0.39 is 0 Å². The smallest absolute Gasteiger partial charge is 0.253 e. The third kappa shape index (κ3) is 3.45. The van der Waals surface area contributed by atoms with Crippen LogP contribution < -0.4 is 10.0 Å². The Morgan fingerprint density at radius 1 is 1.37 bits per heavy atom. The first kappa shape index (κ1) is 13.8. The summed E-state index contributed by atoms with van der Waals surface area (Å²) in [6.45, 7) is 0.145. The van der Waals surface area contributed by atoms with Gasteiger partial charge in [-0.2, -0.15) is 4.73 Å². The fourth-order valence-corrected chi connectivity index (χ4v) is 2.10. The second-order valence-electron chi connectivity index (χ2n) is 3.82. The summed E-state index contributed by atoms with van der Waals surface area (Å²) in [6, 6.07) is 10.0. The zero-order valence-corrected chi connectivity index (χ0v) is 12.1. The molecular formula is C13H10BrClN2O2. The van der Waals surface area contributed by atoms with Gasteiger partial charge in [0.05, 0.1) is 10.6 Å². The number of benzene rings is 1. The van der Waals surface area contributed by atoms with Crippen LogP contribution in [-0.4, -0.2) is 5.91 Å². The normalized spacial score (nSPS) is 10.2. The quantitative estimate of drug-likeness (QED) is 0.689. The van der Waals surface area contributed by atoms with Crippen LogP contribution in [-0.2, 0) is 6.54 Å². The summed E-state index contributed by atoms with van der Waals surface area (Å²) < 4.78 is 1.48. The number of pyridine rings is 1. The molecule has 0 saturated heterocycles. The zero-order valence-electron chi connectivity index (χ0n) is 9.77. The van der Waals surface area contributed by atoms with Crippen LogP contribution in [0, 0.1) is 5.21 Å². The predicted molar refractivity (Wildman–Crippen MR) is 75.7 cm³/mol. The monoisotopic (exact) mass is 340 g/mol. The molecule has 0 aliphatic carbocycles. The maximum atomic E-state index is 12.0. The molecule has 4 nitrogen and oxygen atoms in total. The largest absolute Gasteiger partial charge is 0.618 e. The number of hydrogen-bond acceptors (Lipinski definition) is 2. The van der Waals surface area contributed by atoms with E-state index in [0.717, 1.165) is 4.47 Å². The highest BCUT2D eigenvalue weighted by atomic mass is 79.9. The fourth-order valence-electron chi connectivity index (χ4n) is 1.54. The van der Waals surface area contributed by atoms with E-state index in [4.69, 9.17) is 11.6 Å². The average Bonchev–Trinajstić information content (AvgIpc) is 2.40. The third-order valence-corrected chi connectivity index (χ3v) is 3.33. The lowest BCUT2D eigenvalue weighted by Crippen LogP contribution is -2.35. The second kappa shape index (κ2) is 6.04. The van der Waals surface area contributed by atoms with Crippen LogP contribution in [0.5, 0.6) is 0 Å². The lowest BCUT2D eigenvalue weighted by Gasteiger charge is -2.07. The average molecular weight is 342 g/mol. The van der Waals surface area contributed by atoms with Crippen LogP contribution in [0.2, 0.25) is 5.02 Å². The molecule has 6 heteroatoms. The lowest BCUT2D eigenvalue weighted by atomic mass is 10.2. The van der Waals surface area contributed by atoms with Crippen LogP contribution >= 0.6 is 27.5 Å². The van der Waals surface area contributed by atoms with Gasteiger partial charge in [0, 0.05) is 16.6 Å². The molecule has 1 amide bonds. The Kier molecular flexibility index (Phi) is 4.39. The molecule has 0 atom stereocenters. The van der Waals surface area contributed by atoms with Crippen molar-refractivity contribution in [3.63, 3.8) is 0 Å². The van der Waals surface area contributed by atoms with Gasteiger partial charge >= 0.3 is 0 Å². The SMILES string of the molecule is O=C(NCc1cccc[n+]1[O-])c1cc(Br)ccc1Cl. The highest BCUT2D eigenvalue weighted by molar-refractivity contribution is 9.10. The molecule has 1 N–H and O–H groups in total. The highest BCUT2D eigenvalue weighted by Gasteiger charge is 2.12. The van der Waals surface area contributed by atoms with Crippen molar-refractivity contribution in [2.75, 3.05) is 0 Å². The minimum Gasteiger partial charge on any atom is -0.618 e. The van der Waals surface area contributed by atoms with Gasteiger partial charge in [-0.3, -0.25) is 4.79 Å². The van der Waals surface area contributed by atoms with Gasteiger partial charge in [-0.25, -0.2) is 0 Å². The molecule has 0 aliphatic rings. The summed E-state index contributed by atoms with van der Waals surface area (Å²) >= 11 is 9.23. The lowest BCUT2D eigenvalue weighted by molar-refractivity contribution is -0.614. The van der Waals surface area contributed by atoms with E-state index >= 15 is 0 Å². The summed E-state index contributed by atoms with van der Waals surface area (Å²) in [5.74, 6) is -0.324. The molecule has 98 valence electrons. The molecule has 0 aliphatic heterocycles. The van der Waals surface area contributed by atoms with Gasteiger partial charge in [0.1, 0.15) is 6.54 Å². The van der Waals surface area contributed by atoms with Gasteiger partial charge in [0.25, 0.3) is 5.91 Å². The van der Waals surface area contributed by atoms with Crippen molar-refractivity contribution in [2.45, 2.75) is 6.54 Å². The molecule has 0 unspecified atom stereocenters. The van der Waals surface area contributed by atoms with Gasteiger partial charge in [-0.1, -0.05) is 27.5 Å². The minimum absolute atomic E-state index is 0.145. The van der Waals surface area contributed by atoms with Crippen LogP contribution in [0.1, 0.15) is 16.1 Å². The van der Waals surface area contributed by atoms with E-state index in [9.17, 15) is 10.0 Å². The minimum atomic E-state index is -0.324. The van der Waals surface area contributed by atoms with Crippen molar-refractivity contribution < 1.29 is 9.52 Å². The molecule has 2 aromatic rings. The Bertz CT molecular complexity index is 619. The van der Waals surface area contributed by atoms with E-state index in [1.807, 2.05) is 0 Å². The van der Waals surface area contributed by atoms with Gasteiger partial charge < -0.3 is 10.5 Å². The summed E-state index contributed by atoms with van der Waals surface area (Å²) in [5.41, 5.74) is 0.825. The maximum Gasteiger partial charge on any atom is 0.253 e. The molecule has 0 bridgehead atoms. The van der Waals surface area contributed by atoms with Crippen LogP contribution in [0.25, 0.3) is 0 Å². The van der Waals surface area contributed by atoms with Gasteiger partial charge in [-0.05, 0) is 24.3 Å². The second-order valence-corrected chi connectivity index (χ2v) is 5.15. The fraction of sp³-hybridized carbons (Fsp3) is 0.0769. The Morgan fingerprint density at radius 2 is 2.16 bits per heavy atom. The third-order valence-electron chi connectivity index (χ3n) is 2.51. The standard InChI is InChI=1S/C13H10BrClN2O2/c14-9-4-5-12(15)11(7-9)13(18)16-8-10-3-1-2-6-17(10)19/h1-7H,8H2,(H,16,18). The number of hydrogen-bond donors (Lipinski definition) is 1. The molecule has 0 radical (unpaired) electrons. The number of nitrogens with one attached hydrogen (secondary N) is 1. The molecular weight excluding hydrogens is 332 g/mol. The Labute approximate surface area is 123 Å². The van der Waals surface area contributed by atoms with Gasteiger partial charge in [-0.15, -0.1) is 0 Å². The molecule has 19 heavy (non-hydrogen) atoms. The van der Waals surface area contributed by atoms with Gasteiger partial charge in [0.2, 0.25) is 5.69 Å². The van der Waals surface area contributed by atoms with Crippen LogP contribution in [0.15, 0.2) is 47.1 Å². The first-order valence-corrected chi connectivity index (χ1v) is 6.65. The number of carbonyl (C=O) groups excluding carboxylic acids is 1. The van der Waals surface area contributed by atoms with Gasteiger partial charge in [0.15, 0.2) is 6.20 Å². The van der Waals surface area contributed by atoms with Crippen molar-refractivity contribution in [1.29, 1.82) is 0 Å². The molecule has 1 heterocycles. The van der Waals surface area contributed by atoms with Crippen molar-refractivity contribution >= 4 is 33.4 Å². The topological polar surface area (TPSA) is 56.0 Å². The number of aromatic nitrogens is 1. The Morgan fingerprint density at radius 3 is 2.89 bits per heavy atom.